The SMILES string of the molecule is COC1CCCC(Oc2ncnc(NN)c2Br)C1. The molecule has 3 N–H and O–H groups in total. The van der Waals surface area contributed by atoms with Crippen LogP contribution in [0.15, 0.2) is 10.8 Å². The first-order valence-corrected chi connectivity index (χ1v) is 6.70. The van der Waals surface area contributed by atoms with Gasteiger partial charge in [0.2, 0.25) is 5.88 Å². The number of nitrogens with two attached hydrogens (primary N) is 1. The summed E-state index contributed by atoms with van der Waals surface area (Å²) in [4.78, 5) is 8.10. The van der Waals surface area contributed by atoms with Gasteiger partial charge in [-0.2, -0.15) is 0 Å². The Labute approximate surface area is 114 Å². The van der Waals surface area contributed by atoms with Crippen LogP contribution in [-0.2, 0) is 4.74 Å². The number of hydrogen-bond acceptors (Lipinski definition) is 6. The number of anilines is 1. The van der Waals surface area contributed by atoms with Crippen molar-refractivity contribution in [3.05, 3.63) is 10.8 Å². The predicted octanol–water partition coefficient (Wildman–Crippen LogP) is 1.86. The van der Waals surface area contributed by atoms with E-state index in [4.69, 9.17) is 15.3 Å². The van der Waals surface area contributed by atoms with E-state index in [0.717, 1.165) is 25.7 Å². The van der Waals surface area contributed by atoms with E-state index in [-0.39, 0.29) is 12.2 Å². The first-order valence-electron chi connectivity index (χ1n) is 5.91. The Morgan fingerprint density at radius 1 is 1.39 bits per heavy atom. The van der Waals surface area contributed by atoms with Gasteiger partial charge in [0.15, 0.2) is 5.82 Å². The highest BCUT2D eigenvalue weighted by molar-refractivity contribution is 9.10. The maximum atomic E-state index is 5.89. The van der Waals surface area contributed by atoms with Gasteiger partial charge in [-0.05, 0) is 35.2 Å². The van der Waals surface area contributed by atoms with Crippen LogP contribution >= 0.6 is 15.9 Å². The number of methoxy groups -OCH3 is 1. The third kappa shape index (κ3) is 3.09. The summed E-state index contributed by atoms with van der Waals surface area (Å²) >= 11 is 3.38. The molecule has 0 bridgehead atoms. The number of nitrogens with one attached hydrogen (secondary N) is 1. The van der Waals surface area contributed by atoms with Gasteiger partial charge in [0.05, 0.1) is 6.10 Å². The number of hydrazine groups is 1. The summed E-state index contributed by atoms with van der Waals surface area (Å²) in [6.07, 6.45) is 5.92. The van der Waals surface area contributed by atoms with Crippen LogP contribution in [0.25, 0.3) is 0 Å². The van der Waals surface area contributed by atoms with Gasteiger partial charge in [-0.1, -0.05) is 0 Å². The third-order valence-corrected chi connectivity index (χ3v) is 3.80. The second kappa shape index (κ2) is 6.31. The molecule has 0 spiro atoms. The largest absolute Gasteiger partial charge is 0.473 e. The van der Waals surface area contributed by atoms with E-state index in [2.05, 4.69) is 31.3 Å². The smallest absolute Gasteiger partial charge is 0.233 e. The van der Waals surface area contributed by atoms with Crippen LogP contribution in [0.2, 0.25) is 0 Å². The molecule has 0 radical (unpaired) electrons. The minimum absolute atomic E-state index is 0.125. The van der Waals surface area contributed by atoms with Crippen molar-refractivity contribution in [3.8, 4) is 5.88 Å². The normalized spacial score (nSPS) is 23.7. The van der Waals surface area contributed by atoms with Crippen LogP contribution in [0.3, 0.4) is 0 Å². The van der Waals surface area contributed by atoms with Gasteiger partial charge in [0.25, 0.3) is 0 Å². The second-order valence-corrected chi connectivity index (χ2v) is 5.04. The van der Waals surface area contributed by atoms with E-state index in [0.29, 0.717) is 16.2 Å². The fourth-order valence-electron chi connectivity index (χ4n) is 2.12. The molecule has 0 aromatic carbocycles. The minimum atomic E-state index is 0.125. The Morgan fingerprint density at radius 2 is 2.17 bits per heavy atom. The Balaban J connectivity index is 2.04. The first-order chi connectivity index (χ1) is 8.74. The zero-order valence-corrected chi connectivity index (χ0v) is 11.8. The topological polar surface area (TPSA) is 82.3 Å². The Kier molecular flexibility index (Phi) is 4.73. The molecule has 0 aliphatic heterocycles. The summed E-state index contributed by atoms with van der Waals surface area (Å²) in [6, 6.07) is 0. The highest BCUT2D eigenvalue weighted by Gasteiger charge is 2.24. The molecule has 100 valence electrons. The molecule has 1 aliphatic rings. The monoisotopic (exact) mass is 316 g/mol. The summed E-state index contributed by atoms with van der Waals surface area (Å²) < 4.78 is 11.9. The number of nitrogen functional groups attached to an aromatic ring is 1. The molecule has 18 heavy (non-hydrogen) atoms. The molecular formula is C11H17BrN4O2. The fourth-order valence-corrected chi connectivity index (χ4v) is 2.53. The highest BCUT2D eigenvalue weighted by Crippen LogP contribution is 2.31. The molecule has 0 saturated heterocycles. The van der Waals surface area contributed by atoms with Gasteiger partial charge in [-0.3, -0.25) is 0 Å². The van der Waals surface area contributed by atoms with Gasteiger partial charge in [-0.25, -0.2) is 15.8 Å². The maximum absolute atomic E-state index is 5.89. The van der Waals surface area contributed by atoms with E-state index in [1.165, 1.54) is 6.33 Å². The van der Waals surface area contributed by atoms with Crippen LogP contribution < -0.4 is 16.0 Å². The number of ether oxygens (including phenoxy) is 2. The van der Waals surface area contributed by atoms with E-state index >= 15 is 0 Å². The third-order valence-electron chi connectivity index (χ3n) is 3.08. The number of halogens is 1. The maximum Gasteiger partial charge on any atom is 0.233 e. The molecule has 1 aliphatic carbocycles. The molecule has 1 heterocycles. The van der Waals surface area contributed by atoms with E-state index in [1.807, 2.05) is 0 Å². The van der Waals surface area contributed by atoms with Crippen molar-refractivity contribution in [3.63, 3.8) is 0 Å². The van der Waals surface area contributed by atoms with Crippen molar-refractivity contribution in [1.82, 2.24) is 9.97 Å². The standard InChI is InChI=1S/C11H17BrN4O2/c1-17-7-3-2-4-8(5-7)18-11-9(12)10(16-13)14-6-15-11/h6-8H,2-5,13H2,1H3,(H,14,15,16). The van der Waals surface area contributed by atoms with Gasteiger partial charge >= 0.3 is 0 Å². The van der Waals surface area contributed by atoms with Crippen LogP contribution in [0.4, 0.5) is 5.82 Å². The number of rotatable bonds is 4. The predicted molar refractivity (Wildman–Crippen MR) is 71.2 cm³/mol. The van der Waals surface area contributed by atoms with E-state index in [9.17, 15) is 0 Å². The van der Waals surface area contributed by atoms with Crippen molar-refractivity contribution in [1.29, 1.82) is 0 Å². The van der Waals surface area contributed by atoms with Crippen LogP contribution in [0, 0.1) is 0 Å². The Hall–Kier alpha value is -0.920. The lowest BCUT2D eigenvalue weighted by Gasteiger charge is -2.28. The van der Waals surface area contributed by atoms with Crippen LogP contribution in [0.5, 0.6) is 5.88 Å². The molecule has 1 aromatic rings. The average molecular weight is 317 g/mol. The molecule has 1 aromatic heterocycles. The number of nitrogens with zero attached hydrogens (tertiary/aromatic N) is 2. The minimum Gasteiger partial charge on any atom is -0.473 e. The summed E-state index contributed by atoms with van der Waals surface area (Å²) in [6.45, 7) is 0. The second-order valence-electron chi connectivity index (χ2n) is 4.25. The molecule has 7 heteroatoms. The summed E-state index contributed by atoms with van der Waals surface area (Å²) in [5.74, 6) is 6.38. The Bertz CT molecular complexity index is 405. The van der Waals surface area contributed by atoms with Gasteiger partial charge in [0, 0.05) is 13.5 Å². The Morgan fingerprint density at radius 3 is 2.89 bits per heavy atom. The zero-order chi connectivity index (χ0) is 13.0. The highest BCUT2D eigenvalue weighted by atomic mass is 79.9. The lowest BCUT2D eigenvalue weighted by molar-refractivity contribution is 0.0192. The van der Waals surface area contributed by atoms with Crippen molar-refractivity contribution in [2.45, 2.75) is 37.9 Å². The molecule has 1 saturated carbocycles. The molecule has 2 unspecified atom stereocenters. The molecule has 0 amide bonds. The molecular weight excluding hydrogens is 300 g/mol. The molecule has 2 rings (SSSR count). The summed E-state index contributed by atoms with van der Waals surface area (Å²) in [5, 5.41) is 0. The average Bonchev–Trinajstić information content (AvgIpc) is 2.41. The molecule has 6 nitrogen and oxygen atoms in total. The fraction of sp³-hybridized carbons (Fsp3) is 0.636. The van der Waals surface area contributed by atoms with Gasteiger partial charge in [-0.15, -0.1) is 0 Å². The number of hydrogen-bond donors (Lipinski definition) is 2. The van der Waals surface area contributed by atoms with Crippen molar-refractivity contribution >= 4 is 21.7 Å². The van der Waals surface area contributed by atoms with Crippen molar-refractivity contribution in [2.75, 3.05) is 12.5 Å². The number of aromatic nitrogens is 2. The van der Waals surface area contributed by atoms with Crippen molar-refractivity contribution < 1.29 is 9.47 Å². The lowest BCUT2D eigenvalue weighted by atomic mass is 9.95. The lowest BCUT2D eigenvalue weighted by Crippen LogP contribution is -2.30. The van der Waals surface area contributed by atoms with Crippen molar-refractivity contribution in [2.24, 2.45) is 5.84 Å². The summed E-state index contributed by atoms with van der Waals surface area (Å²) in [7, 11) is 1.74. The van der Waals surface area contributed by atoms with E-state index in [1.54, 1.807) is 7.11 Å². The van der Waals surface area contributed by atoms with Crippen LogP contribution in [-0.4, -0.2) is 29.3 Å². The van der Waals surface area contributed by atoms with E-state index < -0.39 is 0 Å². The molecule has 1 fully saturated rings. The zero-order valence-electron chi connectivity index (χ0n) is 10.2. The van der Waals surface area contributed by atoms with Crippen LogP contribution in [0.1, 0.15) is 25.7 Å². The quantitative estimate of drug-likeness (QED) is 0.651. The first kappa shape index (κ1) is 13.5. The van der Waals surface area contributed by atoms with Gasteiger partial charge in [0.1, 0.15) is 16.9 Å². The van der Waals surface area contributed by atoms with Gasteiger partial charge < -0.3 is 14.9 Å². The molecule has 2 atom stereocenters. The summed E-state index contributed by atoms with van der Waals surface area (Å²) in [5.41, 5.74) is 2.49.